The fraction of sp³-hybridized carbons (Fsp3) is 0.733. The maximum absolute atomic E-state index is 3.62. The summed E-state index contributed by atoms with van der Waals surface area (Å²) in [6.45, 7) is 8.17. The van der Waals surface area contributed by atoms with Gasteiger partial charge in [-0.15, -0.1) is 11.3 Å². The van der Waals surface area contributed by atoms with Crippen LogP contribution in [0.4, 0.5) is 0 Å². The average molecular weight is 330 g/mol. The highest BCUT2D eigenvalue weighted by atomic mass is 79.9. The van der Waals surface area contributed by atoms with Gasteiger partial charge in [0.1, 0.15) is 0 Å². The molecule has 102 valence electrons. The molecule has 1 aromatic rings. The Balaban J connectivity index is 1.72. The Bertz CT molecular complexity index is 374. The van der Waals surface area contributed by atoms with Crippen molar-refractivity contribution in [1.29, 1.82) is 0 Å². The quantitative estimate of drug-likeness (QED) is 0.748. The van der Waals surface area contributed by atoms with E-state index >= 15 is 0 Å². The van der Waals surface area contributed by atoms with Gasteiger partial charge in [-0.25, -0.2) is 0 Å². The molecule has 1 aromatic heterocycles. The molecule has 0 spiro atoms. The molecule has 1 aliphatic rings. The van der Waals surface area contributed by atoms with E-state index < -0.39 is 0 Å². The van der Waals surface area contributed by atoms with Crippen molar-refractivity contribution >= 4 is 27.3 Å². The van der Waals surface area contributed by atoms with E-state index in [2.05, 4.69) is 48.1 Å². The maximum atomic E-state index is 3.62. The van der Waals surface area contributed by atoms with E-state index in [9.17, 15) is 0 Å². The number of rotatable bonds is 7. The summed E-state index contributed by atoms with van der Waals surface area (Å²) in [5.74, 6) is 0. The van der Waals surface area contributed by atoms with E-state index in [1.165, 1.54) is 52.9 Å². The highest BCUT2D eigenvalue weighted by Gasteiger charge is 2.23. The van der Waals surface area contributed by atoms with E-state index in [4.69, 9.17) is 0 Å². The summed E-state index contributed by atoms with van der Waals surface area (Å²) in [5, 5.41) is 3.62. The van der Waals surface area contributed by atoms with Gasteiger partial charge < -0.3 is 5.32 Å². The van der Waals surface area contributed by atoms with Crippen molar-refractivity contribution in [2.24, 2.45) is 5.41 Å². The van der Waals surface area contributed by atoms with E-state index in [-0.39, 0.29) is 0 Å². The van der Waals surface area contributed by atoms with Gasteiger partial charge in [-0.1, -0.05) is 13.8 Å². The standard InChI is InChI=1S/C15H24BrNS/c1-11-14(16)10-13(18-11)6-7-15(2,3)8-9-17-12-4-5-12/h10,12,17H,4-9H2,1-3H3. The summed E-state index contributed by atoms with van der Waals surface area (Å²) in [6.07, 6.45) is 6.57. The number of thiophene rings is 1. The van der Waals surface area contributed by atoms with Crippen LogP contribution in [0.15, 0.2) is 10.5 Å². The number of aryl methyl sites for hydroxylation is 2. The molecule has 0 aromatic carbocycles. The van der Waals surface area contributed by atoms with Crippen molar-refractivity contribution in [1.82, 2.24) is 5.32 Å². The Morgan fingerprint density at radius 2 is 2.11 bits per heavy atom. The van der Waals surface area contributed by atoms with Gasteiger partial charge in [0.05, 0.1) is 0 Å². The second-order valence-electron chi connectivity index (χ2n) is 6.26. The molecule has 2 rings (SSSR count). The SMILES string of the molecule is Cc1sc(CCC(C)(C)CCNC2CC2)cc1Br. The van der Waals surface area contributed by atoms with Crippen molar-refractivity contribution in [3.8, 4) is 0 Å². The van der Waals surface area contributed by atoms with Gasteiger partial charge >= 0.3 is 0 Å². The van der Waals surface area contributed by atoms with Crippen molar-refractivity contribution in [3.05, 3.63) is 20.3 Å². The first-order valence-corrected chi connectivity index (χ1v) is 8.55. The first kappa shape index (κ1) is 14.5. The summed E-state index contributed by atoms with van der Waals surface area (Å²) in [4.78, 5) is 2.92. The first-order chi connectivity index (χ1) is 8.46. The van der Waals surface area contributed by atoms with Gasteiger partial charge in [0.2, 0.25) is 0 Å². The molecule has 1 fully saturated rings. The largest absolute Gasteiger partial charge is 0.314 e. The molecule has 0 aliphatic heterocycles. The third-order valence-corrected chi connectivity index (χ3v) is 5.96. The van der Waals surface area contributed by atoms with Crippen LogP contribution < -0.4 is 5.32 Å². The zero-order valence-corrected chi connectivity index (χ0v) is 14.1. The molecule has 0 atom stereocenters. The molecule has 0 radical (unpaired) electrons. The van der Waals surface area contributed by atoms with Crippen LogP contribution in [0.1, 0.15) is 49.3 Å². The molecule has 1 saturated carbocycles. The molecule has 0 amide bonds. The van der Waals surface area contributed by atoms with Crippen LogP contribution in [0, 0.1) is 12.3 Å². The summed E-state index contributed by atoms with van der Waals surface area (Å²) in [7, 11) is 0. The van der Waals surface area contributed by atoms with Crippen LogP contribution >= 0.6 is 27.3 Å². The lowest BCUT2D eigenvalue weighted by atomic mass is 9.84. The zero-order valence-electron chi connectivity index (χ0n) is 11.7. The normalized spacial score (nSPS) is 16.2. The average Bonchev–Trinajstić information content (AvgIpc) is 3.04. The van der Waals surface area contributed by atoms with Gasteiger partial charge in [0.15, 0.2) is 0 Å². The molecular formula is C15H24BrNS. The van der Waals surface area contributed by atoms with Crippen LogP contribution in [0.2, 0.25) is 0 Å². The Kier molecular flexibility index (Phi) is 4.90. The maximum Gasteiger partial charge on any atom is 0.0314 e. The van der Waals surface area contributed by atoms with Crippen molar-refractivity contribution in [3.63, 3.8) is 0 Å². The molecule has 1 heterocycles. The summed E-state index contributed by atoms with van der Waals surface area (Å²) < 4.78 is 1.27. The lowest BCUT2D eigenvalue weighted by molar-refractivity contribution is 0.302. The molecular weight excluding hydrogens is 306 g/mol. The van der Waals surface area contributed by atoms with Crippen LogP contribution in [0.3, 0.4) is 0 Å². The van der Waals surface area contributed by atoms with Crippen LogP contribution in [0.5, 0.6) is 0 Å². The van der Waals surface area contributed by atoms with Crippen LogP contribution in [-0.4, -0.2) is 12.6 Å². The van der Waals surface area contributed by atoms with Gasteiger partial charge in [-0.05, 0) is 73.0 Å². The van der Waals surface area contributed by atoms with Gasteiger partial charge in [-0.3, -0.25) is 0 Å². The fourth-order valence-corrected chi connectivity index (χ4v) is 3.73. The van der Waals surface area contributed by atoms with E-state index in [1.807, 2.05) is 11.3 Å². The fourth-order valence-electron chi connectivity index (χ4n) is 2.13. The smallest absolute Gasteiger partial charge is 0.0314 e. The van der Waals surface area contributed by atoms with Gasteiger partial charge in [0.25, 0.3) is 0 Å². The lowest BCUT2D eigenvalue weighted by Crippen LogP contribution is -2.24. The minimum Gasteiger partial charge on any atom is -0.314 e. The topological polar surface area (TPSA) is 12.0 Å². The summed E-state index contributed by atoms with van der Waals surface area (Å²) in [5.41, 5.74) is 0.451. The Labute approximate surface area is 123 Å². The second kappa shape index (κ2) is 6.06. The van der Waals surface area contributed by atoms with E-state index in [0.717, 1.165) is 6.04 Å². The molecule has 1 nitrogen and oxygen atoms in total. The van der Waals surface area contributed by atoms with Crippen molar-refractivity contribution in [2.45, 2.75) is 58.9 Å². The van der Waals surface area contributed by atoms with Crippen LogP contribution in [0.25, 0.3) is 0 Å². The van der Waals surface area contributed by atoms with Gasteiger partial charge in [0, 0.05) is 20.3 Å². The monoisotopic (exact) mass is 329 g/mol. The highest BCUT2D eigenvalue weighted by molar-refractivity contribution is 9.10. The molecule has 18 heavy (non-hydrogen) atoms. The van der Waals surface area contributed by atoms with Crippen LogP contribution in [-0.2, 0) is 6.42 Å². The summed E-state index contributed by atoms with van der Waals surface area (Å²) in [6, 6.07) is 3.13. The van der Waals surface area contributed by atoms with Crippen molar-refractivity contribution in [2.75, 3.05) is 6.54 Å². The molecule has 1 aliphatic carbocycles. The first-order valence-electron chi connectivity index (χ1n) is 6.94. The third-order valence-electron chi connectivity index (χ3n) is 3.77. The zero-order chi connectivity index (χ0) is 13.2. The lowest BCUT2D eigenvalue weighted by Gasteiger charge is -2.24. The third kappa shape index (κ3) is 4.67. The Hall–Kier alpha value is 0.140. The van der Waals surface area contributed by atoms with Crippen molar-refractivity contribution < 1.29 is 0 Å². The van der Waals surface area contributed by atoms with Gasteiger partial charge in [-0.2, -0.15) is 0 Å². The predicted octanol–water partition coefficient (Wildman–Crippen LogP) is 4.92. The molecule has 3 heteroatoms. The van der Waals surface area contributed by atoms with E-state index in [1.54, 1.807) is 0 Å². The van der Waals surface area contributed by atoms with E-state index in [0.29, 0.717) is 5.41 Å². The molecule has 0 unspecified atom stereocenters. The number of hydrogen-bond donors (Lipinski definition) is 1. The Morgan fingerprint density at radius 3 is 2.67 bits per heavy atom. The molecule has 1 N–H and O–H groups in total. The summed E-state index contributed by atoms with van der Waals surface area (Å²) >= 11 is 5.53. The number of halogens is 1. The highest BCUT2D eigenvalue weighted by Crippen LogP contribution is 2.32. The minimum atomic E-state index is 0.451. The minimum absolute atomic E-state index is 0.451. The molecule has 0 saturated heterocycles. The molecule has 0 bridgehead atoms. The number of hydrogen-bond acceptors (Lipinski definition) is 2. The Morgan fingerprint density at radius 1 is 1.39 bits per heavy atom. The second-order valence-corrected chi connectivity index (χ2v) is 8.45. The predicted molar refractivity (Wildman–Crippen MR) is 84.5 cm³/mol. The number of nitrogens with one attached hydrogen (secondary N) is 1.